The molecule has 0 spiro atoms. The van der Waals surface area contributed by atoms with Gasteiger partial charge in [0.25, 0.3) is 5.91 Å². The van der Waals surface area contributed by atoms with E-state index in [4.69, 9.17) is 0 Å². The van der Waals surface area contributed by atoms with Gasteiger partial charge >= 0.3 is 0 Å². The highest BCUT2D eigenvalue weighted by atomic mass is 32.2. The summed E-state index contributed by atoms with van der Waals surface area (Å²) in [5.41, 5.74) is 0.875. The number of anilines is 1. The van der Waals surface area contributed by atoms with Gasteiger partial charge < -0.3 is 0 Å². The van der Waals surface area contributed by atoms with Gasteiger partial charge in [-0.05, 0) is 55.3 Å². The average molecular weight is 508 g/mol. The Morgan fingerprint density at radius 3 is 2.27 bits per heavy atom. The van der Waals surface area contributed by atoms with Crippen LogP contribution >= 0.6 is 11.3 Å². The number of nitrogens with zero attached hydrogens (tertiary/aromatic N) is 2. The average Bonchev–Trinajstić information content (AvgIpc) is 3.20. The van der Waals surface area contributed by atoms with Crippen LogP contribution in [0.15, 0.2) is 52.3 Å². The molecule has 1 fully saturated rings. The van der Waals surface area contributed by atoms with Crippen molar-refractivity contribution < 1.29 is 21.6 Å². The smallest absolute Gasteiger partial charge is 0.257 e. The number of hydrogen-bond acceptors (Lipinski definition) is 7. The number of sulfone groups is 1. The second-order valence-corrected chi connectivity index (χ2v) is 13.3. The summed E-state index contributed by atoms with van der Waals surface area (Å²) in [5, 5.41) is 3.03. The maximum Gasteiger partial charge on any atom is 0.257 e. The fraction of sp³-hybridized carbons (Fsp3) is 0.364. The van der Waals surface area contributed by atoms with Crippen molar-refractivity contribution in [3.05, 3.63) is 48.0 Å². The minimum atomic E-state index is -3.63. The summed E-state index contributed by atoms with van der Waals surface area (Å²) in [4.78, 5) is 17.3. The summed E-state index contributed by atoms with van der Waals surface area (Å²) in [6.07, 6.45) is 6.07. The van der Waals surface area contributed by atoms with Gasteiger partial charge in [-0.2, -0.15) is 4.31 Å². The normalized spacial score (nSPS) is 15.7. The Balaban J connectivity index is 1.49. The maximum atomic E-state index is 13.0. The van der Waals surface area contributed by atoms with E-state index in [0.29, 0.717) is 20.9 Å². The molecular weight excluding hydrogens is 482 g/mol. The monoisotopic (exact) mass is 507 g/mol. The van der Waals surface area contributed by atoms with E-state index in [-0.39, 0.29) is 15.8 Å². The number of amides is 1. The second kappa shape index (κ2) is 9.13. The highest BCUT2D eigenvalue weighted by Gasteiger charge is 2.29. The van der Waals surface area contributed by atoms with Crippen molar-refractivity contribution in [3.63, 3.8) is 0 Å². The predicted molar refractivity (Wildman–Crippen MR) is 129 cm³/mol. The Morgan fingerprint density at radius 2 is 1.64 bits per heavy atom. The molecule has 0 atom stereocenters. The summed E-state index contributed by atoms with van der Waals surface area (Å²) in [5.74, 6) is -0.429. The number of aromatic nitrogens is 1. The van der Waals surface area contributed by atoms with Crippen molar-refractivity contribution >= 4 is 52.5 Å². The van der Waals surface area contributed by atoms with Gasteiger partial charge in [-0.25, -0.2) is 21.8 Å². The third-order valence-corrected chi connectivity index (χ3v) is 9.86. The van der Waals surface area contributed by atoms with Crippen LogP contribution in [0.3, 0.4) is 0 Å². The maximum absolute atomic E-state index is 13.0. The summed E-state index contributed by atoms with van der Waals surface area (Å²) < 4.78 is 51.5. The number of carbonyl (C=O) groups excluding carboxylic acids is 1. The van der Waals surface area contributed by atoms with Crippen molar-refractivity contribution in [1.29, 1.82) is 0 Å². The molecule has 1 aromatic heterocycles. The fourth-order valence-electron chi connectivity index (χ4n) is 3.94. The Labute approximate surface area is 197 Å². The highest BCUT2D eigenvalue weighted by molar-refractivity contribution is 7.90. The van der Waals surface area contributed by atoms with E-state index in [1.807, 2.05) is 0 Å². The van der Waals surface area contributed by atoms with Gasteiger partial charge in [0, 0.05) is 24.9 Å². The molecule has 1 aliphatic rings. The second-order valence-electron chi connectivity index (χ2n) is 8.21. The molecule has 11 heteroatoms. The van der Waals surface area contributed by atoms with Crippen molar-refractivity contribution in [3.8, 4) is 0 Å². The standard InChI is InChI=1S/C22H25N3O5S3/c1-25(16-6-4-3-5-7-16)33(29,30)17-10-8-15(9-11-17)21(26)24-22-23-19-13-12-18(32(2,27)28)14-20(19)31-22/h8-14,16H,3-7H2,1-2H3,(H,23,24,26). The Hall–Kier alpha value is -2.34. The van der Waals surface area contributed by atoms with E-state index in [9.17, 15) is 21.6 Å². The lowest BCUT2D eigenvalue weighted by Crippen LogP contribution is -2.38. The van der Waals surface area contributed by atoms with Crippen molar-refractivity contribution in [2.75, 3.05) is 18.6 Å². The zero-order valence-electron chi connectivity index (χ0n) is 18.3. The van der Waals surface area contributed by atoms with Gasteiger partial charge in [-0.15, -0.1) is 0 Å². The first-order chi connectivity index (χ1) is 15.6. The van der Waals surface area contributed by atoms with Crippen molar-refractivity contribution in [1.82, 2.24) is 9.29 Å². The molecule has 2 aromatic carbocycles. The first-order valence-corrected chi connectivity index (χ1v) is 14.7. The van der Waals surface area contributed by atoms with Crippen LogP contribution in [0.25, 0.3) is 10.2 Å². The van der Waals surface area contributed by atoms with Crippen LogP contribution in [-0.2, 0) is 19.9 Å². The molecule has 33 heavy (non-hydrogen) atoms. The van der Waals surface area contributed by atoms with E-state index in [1.54, 1.807) is 13.1 Å². The SMILES string of the molecule is CN(C1CCCCC1)S(=O)(=O)c1ccc(C(=O)Nc2nc3ccc(S(C)(=O)=O)cc3s2)cc1. The molecule has 1 N–H and O–H groups in total. The van der Waals surface area contributed by atoms with E-state index in [1.165, 1.54) is 52.0 Å². The first-order valence-electron chi connectivity index (χ1n) is 10.6. The van der Waals surface area contributed by atoms with Crippen LogP contribution in [0.2, 0.25) is 0 Å². The molecule has 0 bridgehead atoms. The summed E-state index contributed by atoms with van der Waals surface area (Å²) in [6.45, 7) is 0. The largest absolute Gasteiger partial charge is 0.298 e. The lowest BCUT2D eigenvalue weighted by Gasteiger charge is -2.30. The van der Waals surface area contributed by atoms with Gasteiger partial charge in [0.1, 0.15) is 0 Å². The van der Waals surface area contributed by atoms with E-state index < -0.39 is 25.8 Å². The molecule has 1 saturated carbocycles. The zero-order valence-corrected chi connectivity index (χ0v) is 20.8. The van der Waals surface area contributed by atoms with E-state index in [2.05, 4.69) is 10.3 Å². The van der Waals surface area contributed by atoms with Crippen LogP contribution < -0.4 is 5.32 Å². The topological polar surface area (TPSA) is 114 Å². The summed E-state index contributed by atoms with van der Waals surface area (Å²) in [7, 11) is -5.35. The van der Waals surface area contributed by atoms with E-state index >= 15 is 0 Å². The highest BCUT2D eigenvalue weighted by Crippen LogP contribution is 2.29. The Bertz CT molecular complexity index is 1390. The number of nitrogens with one attached hydrogen (secondary N) is 1. The number of hydrogen-bond donors (Lipinski definition) is 1. The number of thiazole rings is 1. The lowest BCUT2D eigenvalue weighted by molar-refractivity contribution is 0.102. The number of benzene rings is 2. The number of rotatable bonds is 6. The van der Waals surface area contributed by atoms with Crippen molar-refractivity contribution in [2.24, 2.45) is 0 Å². The Morgan fingerprint density at radius 1 is 1.00 bits per heavy atom. The number of fused-ring (bicyclic) bond motifs is 1. The molecule has 0 radical (unpaired) electrons. The van der Waals surface area contributed by atoms with Gasteiger partial charge in [-0.1, -0.05) is 30.6 Å². The fourth-order valence-corrected chi connectivity index (χ4v) is 6.98. The first kappa shape index (κ1) is 23.8. The third-order valence-electron chi connectivity index (χ3n) is 5.89. The molecular formula is C22H25N3O5S3. The van der Waals surface area contributed by atoms with Crippen LogP contribution in [0.5, 0.6) is 0 Å². The minimum absolute atomic E-state index is 0.00831. The predicted octanol–water partition coefficient (Wildman–Crippen LogP) is 3.91. The molecule has 1 heterocycles. The van der Waals surface area contributed by atoms with Crippen LogP contribution in [0, 0.1) is 0 Å². The number of carbonyl (C=O) groups is 1. The molecule has 1 amide bonds. The zero-order chi connectivity index (χ0) is 23.8. The Kier molecular flexibility index (Phi) is 6.59. The van der Waals surface area contributed by atoms with Crippen LogP contribution in [-0.4, -0.2) is 51.4 Å². The molecule has 0 aliphatic heterocycles. The molecule has 1 aliphatic carbocycles. The molecule has 0 saturated heterocycles. The van der Waals surface area contributed by atoms with Gasteiger partial charge in [-0.3, -0.25) is 10.1 Å². The van der Waals surface area contributed by atoms with E-state index in [0.717, 1.165) is 38.4 Å². The molecule has 8 nitrogen and oxygen atoms in total. The molecule has 0 unspecified atom stereocenters. The van der Waals surface area contributed by atoms with Gasteiger partial charge in [0.15, 0.2) is 15.0 Å². The third kappa shape index (κ3) is 5.11. The lowest BCUT2D eigenvalue weighted by atomic mass is 9.96. The van der Waals surface area contributed by atoms with Crippen LogP contribution in [0.4, 0.5) is 5.13 Å². The molecule has 3 aromatic rings. The number of sulfonamides is 1. The summed E-state index contributed by atoms with van der Waals surface area (Å²) >= 11 is 1.17. The van der Waals surface area contributed by atoms with Crippen molar-refractivity contribution in [2.45, 2.75) is 47.9 Å². The van der Waals surface area contributed by atoms with Gasteiger partial charge in [0.05, 0.1) is 20.0 Å². The molecule has 176 valence electrons. The van der Waals surface area contributed by atoms with Crippen LogP contribution in [0.1, 0.15) is 42.5 Å². The summed E-state index contributed by atoms with van der Waals surface area (Å²) in [6, 6.07) is 10.5. The minimum Gasteiger partial charge on any atom is -0.298 e. The molecule has 4 rings (SSSR count). The quantitative estimate of drug-likeness (QED) is 0.541. The van der Waals surface area contributed by atoms with Gasteiger partial charge in [0.2, 0.25) is 10.0 Å².